The molecular formula is C16H35N3O2. The minimum absolute atomic E-state index is 0.573. The Morgan fingerprint density at radius 2 is 1.71 bits per heavy atom. The van der Waals surface area contributed by atoms with Gasteiger partial charge in [0.25, 0.3) is 0 Å². The van der Waals surface area contributed by atoms with Gasteiger partial charge in [-0.2, -0.15) is 0 Å². The van der Waals surface area contributed by atoms with E-state index in [9.17, 15) is 0 Å². The zero-order chi connectivity index (χ0) is 15.6. The van der Waals surface area contributed by atoms with Crippen molar-refractivity contribution in [2.45, 2.75) is 58.3 Å². The van der Waals surface area contributed by atoms with Gasteiger partial charge in [-0.15, -0.1) is 0 Å². The molecule has 0 aromatic rings. The van der Waals surface area contributed by atoms with E-state index in [1.807, 2.05) is 0 Å². The van der Waals surface area contributed by atoms with Crippen LogP contribution in [0.15, 0.2) is 4.99 Å². The molecule has 0 saturated heterocycles. The van der Waals surface area contributed by atoms with E-state index < -0.39 is 0 Å². The predicted molar refractivity (Wildman–Crippen MR) is 89.8 cm³/mol. The van der Waals surface area contributed by atoms with Gasteiger partial charge < -0.3 is 20.5 Å². The van der Waals surface area contributed by atoms with Crippen molar-refractivity contribution in [1.29, 1.82) is 0 Å². The molecule has 0 aliphatic carbocycles. The molecule has 0 aromatic carbocycles. The molecule has 0 rings (SSSR count). The second-order valence-corrected chi connectivity index (χ2v) is 5.27. The van der Waals surface area contributed by atoms with E-state index in [0.29, 0.717) is 19.2 Å². The summed E-state index contributed by atoms with van der Waals surface area (Å²) in [6.07, 6.45) is 9.78. The van der Waals surface area contributed by atoms with Gasteiger partial charge in [0, 0.05) is 26.8 Å². The first-order valence-corrected chi connectivity index (χ1v) is 8.41. The molecule has 0 amide bonds. The molecule has 3 N–H and O–H groups in total. The van der Waals surface area contributed by atoms with E-state index >= 15 is 0 Å². The fraction of sp³-hybridized carbons (Fsp3) is 0.938. The summed E-state index contributed by atoms with van der Waals surface area (Å²) in [6, 6.07) is 0. The number of aliphatic imine (C=N–C) groups is 1. The Bertz CT molecular complexity index is 236. The van der Waals surface area contributed by atoms with Gasteiger partial charge in [0.15, 0.2) is 5.96 Å². The lowest BCUT2D eigenvalue weighted by molar-refractivity contribution is 0.0689. The van der Waals surface area contributed by atoms with E-state index in [4.69, 9.17) is 15.2 Å². The van der Waals surface area contributed by atoms with Crippen molar-refractivity contribution in [2.24, 2.45) is 10.7 Å². The SMILES string of the molecule is CCCCCCCCN=C(N)NCCCCOCCOC. The zero-order valence-corrected chi connectivity index (χ0v) is 14.0. The van der Waals surface area contributed by atoms with E-state index in [1.165, 1.54) is 32.1 Å². The highest BCUT2D eigenvalue weighted by molar-refractivity contribution is 5.77. The normalized spacial score (nSPS) is 11.8. The van der Waals surface area contributed by atoms with E-state index in [0.717, 1.165) is 39.0 Å². The van der Waals surface area contributed by atoms with Crippen LogP contribution in [-0.2, 0) is 9.47 Å². The average molecular weight is 301 g/mol. The van der Waals surface area contributed by atoms with Crippen molar-refractivity contribution in [3.63, 3.8) is 0 Å². The van der Waals surface area contributed by atoms with Crippen molar-refractivity contribution in [3.05, 3.63) is 0 Å². The number of unbranched alkanes of at least 4 members (excludes halogenated alkanes) is 6. The summed E-state index contributed by atoms with van der Waals surface area (Å²) in [5, 5.41) is 3.14. The molecule has 0 spiro atoms. The van der Waals surface area contributed by atoms with Crippen LogP contribution in [0, 0.1) is 0 Å². The molecule has 0 radical (unpaired) electrons. The van der Waals surface area contributed by atoms with Crippen molar-refractivity contribution in [1.82, 2.24) is 5.32 Å². The number of nitrogens with one attached hydrogen (secondary N) is 1. The molecule has 0 atom stereocenters. The van der Waals surface area contributed by atoms with Gasteiger partial charge in [-0.3, -0.25) is 4.99 Å². The molecule has 0 aliphatic heterocycles. The van der Waals surface area contributed by atoms with Crippen LogP contribution in [0.4, 0.5) is 0 Å². The fourth-order valence-electron chi connectivity index (χ4n) is 1.94. The molecule has 0 unspecified atom stereocenters. The summed E-state index contributed by atoms with van der Waals surface area (Å²) < 4.78 is 10.3. The summed E-state index contributed by atoms with van der Waals surface area (Å²) in [4.78, 5) is 4.34. The third-order valence-electron chi connectivity index (χ3n) is 3.25. The maximum Gasteiger partial charge on any atom is 0.188 e. The van der Waals surface area contributed by atoms with Crippen LogP contribution in [0.25, 0.3) is 0 Å². The molecule has 5 heteroatoms. The van der Waals surface area contributed by atoms with Crippen LogP contribution in [0.3, 0.4) is 0 Å². The van der Waals surface area contributed by atoms with Crippen LogP contribution >= 0.6 is 0 Å². The average Bonchev–Trinajstić information content (AvgIpc) is 2.49. The van der Waals surface area contributed by atoms with Gasteiger partial charge in [-0.1, -0.05) is 39.0 Å². The van der Waals surface area contributed by atoms with Gasteiger partial charge in [0.2, 0.25) is 0 Å². The van der Waals surface area contributed by atoms with E-state index in [1.54, 1.807) is 7.11 Å². The van der Waals surface area contributed by atoms with Crippen LogP contribution in [0.5, 0.6) is 0 Å². The molecule has 0 aliphatic rings. The Morgan fingerprint density at radius 1 is 0.952 bits per heavy atom. The number of guanidine groups is 1. The quantitative estimate of drug-likeness (QED) is 0.277. The topological polar surface area (TPSA) is 68.9 Å². The maximum atomic E-state index is 5.81. The molecule has 0 bridgehead atoms. The molecule has 5 nitrogen and oxygen atoms in total. The largest absolute Gasteiger partial charge is 0.382 e. The molecule has 21 heavy (non-hydrogen) atoms. The van der Waals surface area contributed by atoms with E-state index in [2.05, 4.69) is 17.2 Å². The first-order valence-electron chi connectivity index (χ1n) is 8.41. The molecule has 0 heterocycles. The smallest absolute Gasteiger partial charge is 0.188 e. The minimum atomic E-state index is 0.573. The van der Waals surface area contributed by atoms with Crippen LogP contribution in [-0.4, -0.2) is 46.0 Å². The summed E-state index contributed by atoms with van der Waals surface area (Å²) >= 11 is 0. The third-order valence-corrected chi connectivity index (χ3v) is 3.25. The maximum absolute atomic E-state index is 5.81. The number of hydrogen-bond donors (Lipinski definition) is 2. The number of hydrogen-bond acceptors (Lipinski definition) is 3. The second-order valence-electron chi connectivity index (χ2n) is 5.27. The number of methoxy groups -OCH3 is 1. The molecule has 0 fully saturated rings. The van der Waals surface area contributed by atoms with Crippen LogP contribution in [0.2, 0.25) is 0 Å². The van der Waals surface area contributed by atoms with Gasteiger partial charge >= 0.3 is 0 Å². The molecular weight excluding hydrogens is 266 g/mol. The van der Waals surface area contributed by atoms with Crippen molar-refractivity contribution in [2.75, 3.05) is 40.0 Å². The van der Waals surface area contributed by atoms with Crippen LogP contribution in [0.1, 0.15) is 58.3 Å². The van der Waals surface area contributed by atoms with Crippen molar-refractivity contribution < 1.29 is 9.47 Å². The lowest BCUT2D eigenvalue weighted by atomic mass is 10.1. The monoisotopic (exact) mass is 301 g/mol. The Balaban J connectivity index is 3.24. The Hall–Kier alpha value is -0.810. The van der Waals surface area contributed by atoms with Gasteiger partial charge in [0.05, 0.1) is 13.2 Å². The lowest BCUT2D eigenvalue weighted by Crippen LogP contribution is -2.32. The summed E-state index contributed by atoms with van der Waals surface area (Å²) in [5.74, 6) is 0.573. The summed E-state index contributed by atoms with van der Waals surface area (Å²) in [7, 11) is 1.68. The van der Waals surface area contributed by atoms with E-state index in [-0.39, 0.29) is 0 Å². The Morgan fingerprint density at radius 3 is 2.48 bits per heavy atom. The molecule has 0 saturated carbocycles. The van der Waals surface area contributed by atoms with Crippen LogP contribution < -0.4 is 11.1 Å². The number of nitrogens with zero attached hydrogens (tertiary/aromatic N) is 1. The highest BCUT2D eigenvalue weighted by Crippen LogP contribution is 2.04. The van der Waals surface area contributed by atoms with Crippen molar-refractivity contribution in [3.8, 4) is 0 Å². The molecule has 0 aromatic heterocycles. The van der Waals surface area contributed by atoms with Gasteiger partial charge in [-0.25, -0.2) is 0 Å². The Kier molecular flexibility index (Phi) is 16.6. The standard InChI is InChI=1S/C16H35N3O2/c1-3-4-5-6-7-8-11-18-16(17)19-12-9-10-13-21-15-14-20-2/h3-15H2,1-2H3,(H3,17,18,19). The summed E-state index contributed by atoms with van der Waals surface area (Å²) in [5.41, 5.74) is 5.81. The van der Waals surface area contributed by atoms with Gasteiger partial charge in [0.1, 0.15) is 0 Å². The number of rotatable bonds is 15. The van der Waals surface area contributed by atoms with Gasteiger partial charge in [-0.05, 0) is 19.3 Å². The predicted octanol–water partition coefficient (Wildman–Crippen LogP) is 2.69. The zero-order valence-electron chi connectivity index (χ0n) is 14.0. The first kappa shape index (κ1) is 20.2. The van der Waals surface area contributed by atoms with Crippen molar-refractivity contribution >= 4 is 5.96 Å². The third kappa shape index (κ3) is 17.1. The first-order chi connectivity index (χ1) is 10.3. The fourth-order valence-corrected chi connectivity index (χ4v) is 1.94. The number of ether oxygens (including phenoxy) is 2. The molecule has 126 valence electrons. The lowest BCUT2D eigenvalue weighted by Gasteiger charge is -2.06. The highest BCUT2D eigenvalue weighted by atomic mass is 16.5. The highest BCUT2D eigenvalue weighted by Gasteiger charge is 1.94. The number of nitrogens with two attached hydrogens (primary N) is 1. The minimum Gasteiger partial charge on any atom is -0.382 e. The summed E-state index contributed by atoms with van der Waals surface area (Å²) in [6.45, 7) is 6.05. The Labute approximate surface area is 130 Å². The second kappa shape index (κ2) is 17.2.